The number of likely N-dealkylation sites (tertiary alicyclic amines) is 1. The van der Waals surface area contributed by atoms with Gasteiger partial charge in [0.15, 0.2) is 0 Å². The van der Waals surface area contributed by atoms with E-state index in [2.05, 4.69) is 0 Å². The maximum atomic E-state index is 12.3. The number of hydrogen-bond acceptors (Lipinski definition) is 2. The number of rotatable bonds is 2. The lowest BCUT2D eigenvalue weighted by molar-refractivity contribution is 0.0726. The molecule has 1 saturated heterocycles. The van der Waals surface area contributed by atoms with Gasteiger partial charge in [-0.15, -0.1) is 11.6 Å². The standard InChI is InChI=1S/C14H18ClNO2/c1-10-3-4-11(9-13(10)18-2)14(17)16-7-5-12(15)6-8-16/h3-4,9,12H,5-8H2,1-2H3. The fraction of sp³-hybridized carbons (Fsp3) is 0.500. The smallest absolute Gasteiger partial charge is 0.253 e. The number of halogens is 1. The van der Waals surface area contributed by atoms with Gasteiger partial charge in [0.05, 0.1) is 7.11 Å². The van der Waals surface area contributed by atoms with Crippen LogP contribution in [-0.2, 0) is 0 Å². The number of nitrogens with zero attached hydrogens (tertiary/aromatic N) is 1. The molecule has 1 aliphatic heterocycles. The van der Waals surface area contributed by atoms with Crippen LogP contribution in [0, 0.1) is 6.92 Å². The van der Waals surface area contributed by atoms with Crippen molar-refractivity contribution in [1.29, 1.82) is 0 Å². The quantitative estimate of drug-likeness (QED) is 0.771. The third kappa shape index (κ3) is 2.78. The van der Waals surface area contributed by atoms with Gasteiger partial charge in [0.2, 0.25) is 0 Å². The number of ether oxygens (including phenoxy) is 1. The number of methoxy groups -OCH3 is 1. The molecule has 1 fully saturated rings. The Labute approximate surface area is 113 Å². The Morgan fingerprint density at radius 1 is 1.39 bits per heavy atom. The Hall–Kier alpha value is -1.22. The van der Waals surface area contributed by atoms with Crippen LogP contribution in [0.4, 0.5) is 0 Å². The molecular formula is C14H18ClNO2. The Bertz CT molecular complexity index is 439. The maximum absolute atomic E-state index is 12.3. The molecule has 98 valence electrons. The van der Waals surface area contributed by atoms with Gasteiger partial charge < -0.3 is 9.64 Å². The molecule has 0 radical (unpaired) electrons. The van der Waals surface area contributed by atoms with E-state index in [-0.39, 0.29) is 11.3 Å². The van der Waals surface area contributed by atoms with Crippen molar-refractivity contribution in [3.8, 4) is 5.75 Å². The minimum atomic E-state index is 0.0665. The lowest BCUT2D eigenvalue weighted by atomic mass is 10.1. The van der Waals surface area contributed by atoms with Gasteiger partial charge in [0.25, 0.3) is 5.91 Å². The fourth-order valence-corrected chi connectivity index (χ4v) is 2.38. The van der Waals surface area contributed by atoms with Gasteiger partial charge in [-0.2, -0.15) is 0 Å². The summed E-state index contributed by atoms with van der Waals surface area (Å²) < 4.78 is 5.25. The number of carbonyl (C=O) groups excluding carboxylic acids is 1. The van der Waals surface area contributed by atoms with Gasteiger partial charge in [0, 0.05) is 24.0 Å². The van der Waals surface area contributed by atoms with Crippen molar-refractivity contribution >= 4 is 17.5 Å². The molecule has 2 rings (SSSR count). The molecule has 4 heteroatoms. The van der Waals surface area contributed by atoms with Crippen LogP contribution in [0.25, 0.3) is 0 Å². The molecule has 18 heavy (non-hydrogen) atoms. The molecule has 0 bridgehead atoms. The van der Waals surface area contributed by atoms with E-state index in [4.69, 9.17) is 16.3 Å². The molecule has 0 saturated carbocycles. The van der Waals surface area contributed by atoms with Gasteiger partial charge in [-0.25, -0.2) is 0 Å². The van der Waals surface area contributed by atoms with Crippen LogP contribution >= 0.6 is 11.6 Å². The highest BCUT2D eigenvalue weighted by molar-refractivity contribution is 6.20. The van der Waals surface area contributed by atoms with Crippen molar-refractivity contribution < 1.29 is 9.53 Å². The summed E-state index contributed by atoms with van der Waals surface area (Å²) >= 11 is 6.04. The Morgan fingerprint density at radius 3 is 2.67 bits per heavy atom. The summed E-state index contributed by atoms with van der Waals surface area (Å²) in [5.41, 5.74) is 1.72. The second kappa shape index (κ2) is 5.61. The Morgan fingerprint density at radius 2 is 2.06 bits per heavy atom. The van der Waals surface area contributed by atoms with Gasteiger partial charge in [0.1, 0.15) is 5.75 Å². The molecular weight excluding hydrogens is 250 g/mol. The first-order valence-electron chi connectivity index (χ1n) is 6.20. The molecule has 0 atom stereocenters. The minimum absolute atomic E-state index is 0.0665. The van der Waals surface area contributed by atoms with Gasteiger partial charge in [-0.05, 0) is 37.5 Å². The summed E-state index contributed by atoms with van der Waals surface area (Å²) in [7, 11) is 1.62. The Balaban J connectivity index is 2.13. The zero-order chi connectivity index (χ0) is 13.1. The zero-order valence-corrected chi connectivity index (χ0v) is 11.5. The first kappa shape index (κ1) is 13.2. The van der Waals surface area contributed by atoms with Crippen molar-refractivity contribution in [3.05, 3.63) is 29.3 Å². The normalized spacial score (nSPS) is 16.7. The molecule has 1 heterocycles. The highest BCUT2D eigenvalue weighted by atomic mass is 35.5. The predicted molar refractivity (Wildman–Crippen MR) is 72.5 cm³/mol. The molecule has 0 unspecified atom stereocenters. The van der Waals surface area contributed by atoms with Crippen LogP contribution in [0.1, 0.15) is 28.8 Å². The number of amides is 1. The number of aryl methyl sites for hydroxylation is 1. The monoisotopic (exact) mass is 267 g/mol. The lowest BCUT2D eigenvalue weighted by Crippen LogP contribution is -2.38. The number of hydrogen-bond donors (Lipinski definition) is 0. The first-order chi connectivity index (χ1) is 8.61. The molecule has 1 amide bonds. The van der Waals surface area contributed by atoms with Gasteiger partial charge in [-0.3, -0.25) is 4.79 Å². The summed E-state index contributed by atoms with van der Waals surface area (Å²) in [6.07, 6.45) is 1.74. The van der Waals surface area contributed by atoms with Crippen LogP contribution in [-0.4, -0.2) is 36.4 Å². The van der Waals surface area contributed by atoms with Crippen LogP contribution in [0.15, 0.2) is 18.2 Å². The van der Waals surface area contributed by atoms with E-state index >= 15 is 0 Å². The van der Waals surface area contributed by atoms with Crippen LogP contribution in [0.2, 0.25) is 0 Å². The van der Waals surface area contributed by atoms with E-state index in [0.29, 0.717) is 5.56 Å². The van der Waals surface area contributed by atoms with Crippen LogP contribution < -0.4 is 4.74 Å². The molecule has 0 spiro atoms. The van der Waals surface area contributed by atoms with E-state index in [0.717, 1.165) is 37.2 Å². The highest BCUT2D eigenvalue weighted by Crippen LogP contribution is 2.22. The molecule has 1 aliphatic rings. The van der Waals surface area contributed by atoms with E-state index in [1.165, 1.54) is 0 Å². The largest absolute Gasteiger partial charge is 0.496 e. The SMILES string of the molecule is COc1cc(C(=O)N2CCC(Cl)CC2)ccc1C. The lowest BCUT2D eigenvalue weighted by Gasteiger charge is -2.29. The third-order valence-electron chi connectivity index (χ3n) is 3.37. The van der Waals surface area contributed by atoms with E-state index in [1.54, 1.807) is 7.11 Å². The summed E-state index contributed by atoms with van der Waals surface area (Å²) in [4.78, 5) is 14.2. The van der Waals surface area contributed by atoms with Crippen molar-refractivity contribution in [1.82, 2.24) is 4.90 Å². The van der Waals surface area contributed by atoms with Gasteiger partial charge in [-0.1, -0.05) is 6.07 Å². The Kier molecular flexibility index (Phi) is 4.12. The van der Waals surface area contributed by atoms with Crippen molar-refractivity contribution in [2.24, 2.45) is 0 Å². The van der Waals surface area contributed by atoms with Crippen LogP contribution in [0.3, 0.4) is 0 Å². The zero-order valence-electron chi connectivity index (χ0n) is 10.8. The summed E-state index contributed by atoms with van der Waals surface area (Å²) in [6.45, 7) is 3.44. The third-order valence-corrected chi connectivity index (χ3v) is 3.80. The van der Waals surface area contributed by atoms with Crippen molar-refractivity contribution in [2.75, 3.05) is 20.2 Å². The highest BCUT2D eigenvalue weighted by Gasteiger charge is 2.22. The minimum Gasteiger partial charge on any atom is -0.496 e. The second-order valence-electron chi connectivity index (χ2n) is 4.65. The maximum Gasteiger partial charge on any atom is 0.253 e. The number of alkyl halides is 1. The predicted octanol–water partition coefficient (Wildman–Crippen LogP) is 2.85. The molecule has 3 nitrogen and oxygen atoms in total. The molecule has 0 N–H and O–H groups in total. The summed E-state index contributed by atoms with van der Waals surface area (Å²) in [6, 6.07) is 5.58. The van der Waals surface area contributed by atoms with Crippen LogP contribution in [0.5, 0.6) is 5.75 Å². The van der Waals surface area contributed by atoms with E-state index < -0.39 is 0 Å². The fourth-order valence-electron chi connectivity index (χ4n) is 2.19. The number of carbonyl (C=O) groups is 1. The average molecular weight is 268 g/mol. The summed E-state index contributed by atoms with van der Waals surface area (Å²) in [5.74, 6) is 0.824. The average Bonchev–Trinajstić information content (AvgIpc) is 2.39. The number of piperidine rings is 1. The topological polar surface area (TPSA) is 29.5 Å². The molecule has 1 aromatic rings. The van der Waals surface area contributed by atoms with Gasteiger partial charge >= 0.3 is 0 Å². The molecule has 1 aromatic carbocycles. The molecule has 0 aliphatic carbocycles. The van der Waals surface area contributed by atoms with E-state index in [9.17, 15) is 4.79 Å². The second-order valence-corrected chi connectivity index (χ2v) is 5.27. The first-order valence-corrected chi connectivity index (χ1v) is 6.63. The van der Waals surface area contributed by atoms with E-state index in [1.807, 2.05) is 30.0 Å². The van der Waals surface area contributed by atoms with Crippen molar-refractivity contribution in [2.45, 2.75) is 25.1 Å². The summed E-state index contributed by atoms with van der Waals surface area (Å²) in [5, 5.41) is 0.210. The molecule has 0 aromatic heterocycles. The van der Waals surface area contributed by atoms with Crippen molar-refractivity contribution in [3.63, 3.8) is 0 Å². The number of benzene rings is 1.